The molecule has 9 heteroatoms. The summed E-state index contributed by atoms with van der Waals surface area (Å²) in [4.78, 5) is 32.7. The monoisotopic (exact) mass is 539 g/mol. The highest BCUT2D eigenvalue weighted by Crippen LogP contribution is 2.33. The van der Waals surface area contributed by atoms with Gasteiger partial charge in [0.05, 0.1) is 6.10 Å². The molecular formula is C31H37N7O2. The first kappa shape index (κ1) is 25.4. The number of pyridine rings is 2. The quantitative estimate of drug-likeness (QED) is 0.341. The van der Waals surface area contributed by atoms with E-state index in [2.05, 4.69) is 55.4 Å². The minimum absolute atomic E-state index is 0.0140. The lowest BCUT2D eigenvalue weighted by Gasteiger charge is -2.36. The van der Waals surface area contributed by atoms with Gasteiger partial charge in [0.25, 0.3) is 5.56 Å². The van der Waals surface area contributed by atoms with Crippen molar-refractivity contribution in [2.75, 3.05) is 42.9 Å². The lowest BCUT2D eigenvalue weighted by Crippen LogP contribution is -2.45. The maximum atomic E-state index is 14.1. The maximum absolute atomic E-state index is 14.1. The molecule has 0 radical (unpaired) electrons. The van der Waals surface area contributed by atoms with Crippen LogP contribution in [0.15, 0.2) is 53.7 Å². The van der Waals surface area contributed by atoms with Crippen LogP contribution in [0.3, 0.4) is 0 Å². The molecule has 3 aromatic heterocycles. The Morgan fingerprint density at radius 1 is 0.900 bits per heavy atom. The molecule has 0 bridgehead atoms. The number of hydrogen-bond acceptors (Lipinski definition) is 8. The van der Waals surface area contributed by atoms with Gasteiger partial charge in [0.2, 0.25) is 5.95 Å². The topological polar surface area (TPSA) is 99.4 Å². The highest BCUT2D eigenvalue weighted by molar-refractivity contribution is 6.04. The highest BCUT2D eigenvalue weighted by atomic mass is 16.3. The second kappa shape index (κ2) is 10.8. The molecule has 9 nitrogen and oxygen atoms in total. The summed E-state index contributed by atoms with van der Waals surface area (Å²) in [6.45, 7) is 5.56. The van der Waals surface area contributed by atoms with Crippen molar-refractivity contribution >= 4 is 33.4 Å². The average molecular weight is 540 g/mol. The predicted molar refractivity (Wildman–Crippen MR) is 158 cm³/mol. The van der Waals surface area contributed by atoms with E-state index >= 15 is 0 Å². The van der Waals surface area contributed by atoms with Crippen LogP contribution in [-0.2, 0) is 6.54 Å². The van der Waals surface area contributed by atoms with Crippen molar-refractivity contribution in [1.82, 2.24) is 24.4 Å². The average Bonchev–Trinajstić information content (AvgIpc) is 3.83. The Bertz CT molecular complexity index is 1550. The van der Waals surface area contributed by atoms with Crippen LogP contribution in [0.5, 0.6) is 0 Å². The number of hydrogen-bond donors (Lipinski definition) is 2. The molecule has 3 fully saturated rings. The standard InChI is InChI=1S/C31H37N7O2/c39-25-6-4-24(5-7-25)38-29-28(19-34-31(35-29)33-18-21-1-2-21)26-8-3-22(17-27(26)30(38)40)20-36-13-15-37(16-14-36)23-9-11-32-12-10-23/h3,8-12,17,19,21,24-25,39H,1-2,4-7,13-16,18,20H2,(H,33,34,35). The van der Waals surface area contributed by atoms with Crippen LogP contribution in [0.2, 0.25) is 0 Å². The first-order chi connectivity index (χ1) is 19.6. The number of rotatable bonds is 7. The van der Waals surface area contributed by atoms with Crippen molar-refractivity contribution < 1.29 is 5.11 Å². The van der Waals surface area contributed by atoms with E-state index in [1.165, 1.54) is 18.5 Å². The van der Waals surface area contributed by atoms with Crippen LogP contribution in [0.25, 0.3) is 21.8 Å². The Morgan fingerprint density at radius 2 is 1.68 bits per heavy atom. The summed E-state index contributed by atoms with van der Waals surface area (Å²) in [5.74, 6) is 1.29. The summed E-state index contributed by atoms with van der Waals surface area (Å²) in [6, 6.07) is 10.5. The molecule has 208 valence electrons. The zero-order chi connectivity index (χ0) is 27.1. The lowest BCUT2D eigenvalue weighted by molar-refractivity contribution is 0.111. The van der Waals surface area contributed by atoms with Gasteiger partial charge in [0.15, 0.2) is 0 Å². The second-order valence-electron chi connectivity index (χ2n) is 11.7. The van der Waals surface area contributed by atoms with Crippen LogP contribution in [-0.4, -0.2) is 68.4 Å². The second-order valence-corrected chi connectivity index (χ2v) is 11.7. The number of anilines is 2. The third kappa shape index (κ3) is 5.15. The molecule has 1 aliphatic heterocycles. The molecule has 0 spiro atoms. The largest absolute Gasteiger partial charge is 0.393 e. The normalized spacial score (nSPS) is 22.2. The molecule has 1 aromatic carbocycles. The molecule has 2 aliphatic carbocycles. The first-order valence-electron chi connectivity index (χ1n) is 14.8. The zero-order valence-corrected chi connectivity index (χ0v) is 22.9. The summed E-state index contributed by atoms with van der Waals surface area (Å²) < 4.78 is 1.91. The van der Waals surface area contributed by atoms with Crippen LogP contribution < -0.4 is 15.8 Å². The number of piperazine rings is 1. The van der Waals surface area contributed by atoms with Crippen molar-refractivity contribution in [1.29, 1.82) is 0 Å². The number of fused-ring (bicyclic) bond motifs is 3. The van der Waals surface area contributed by atoms with Crippen LogP contribution >= 0.6 is 0 Å². The van der Waals surface area contributed by atoms with E-state index in [1.54, 1.807) is 0 Å². The Morgan fingerprint density at radius 3 is 2.42 bits per heavy atom. The van der Waals surface area contributed by atoms with Gasteiger partial charge >= 0.3 is 0 Å². The first-order valence-corrected chi connectivity index (χ1v) is 14.8. The Hall–Kier alpha value is -3.56. The van der Waals surface area contributed by atoms with Gasteiger partial charge in [0.1, 0.15) is 5.65 Å². The highest BCUT2D eigenvalue weighted by Gasteiger charge is 2.26. The van der Waals surface area contributed by atoms with E-state index in [-0.39, 0.29) is 17.7 Å². The van der Waals surface area contributed by atoms with Gasteiger partial charge in [0, 0.05) is 80.4 Å². The van der Waals surface area contributed by atoms with Crippen molar-refractivity contribution in [3.63, 3.8) is 0 Å². The number of aliphatic hydroxyl groups excluding tert-OH is 1. The van der Waals surface area contributed by atoms with Crippen molar-refractivity contribution in [3.05, 3.63) is 64.8 Å². The Kier molecular flexibility index (Phi) is 6.85. The SMILES string of the molecule is O=c1c2cc(CN3CCN(c4ccncc4)CC3)ccc2c2cnc(NCC3CC3)nc2n1C1CCC(O)CC1. The molecule has 40 heavy (non-hydrogen) atoms. The summed E-state index contributed by atoms with van der Waals surface area (Å²) in [5.41, 5.74) is 3.08. The third-order valence-electron chi connectivity index (χ3n) is 8.90. The van der Waals surface area contributed by atoms with Gasteiger partial charge in [-0.25, -0.2) is 4.98 Å². The van der Waals surface area contributed by atoms with Crippen molar-refractivity contribution in [2.45, 2.75) is 57.2 Å². The molecule has 2 N–H and O–H groups in total. The maximum Gasteiger partial charge on any atom is 0.260 e. The fourth-order valence-corrected chi connectivity index (χ4v) is 6.35. The third-order valence-corrected chi connectivity index (χ3v) is 8.90. The minimum Gasteiger partial charge on any atom is -0.393 e. The molecule has 4 aromatic rings. The van der Waals surface area contributed by atoms with Crippen molar-refractivity contribution in [2.24, 2.45) is 5.92 Å². The summed E-state index contributed by atoms with van der Waals surface area (Å²) in [6.07, 6.45) is 10.8. The molecule has 2 saturated carbocycles. The van der Waals surface area contributed by atoms with Crippen LogP contribution in [0.1, 0.15) is 50.1 Å². The van der Waals surface area contributed by atoms with Crippen LogP contribution in [0, 0.1) is 5.92 Å². The van der Waals surface area contributed by atoms with E-state index in [4.69, 9.17) is 4.98 Å². The molecule has 7 rings (SSSR count). The van der Waals surface area contributed by atoms with E-state index < -0.39 is 0 Å². The molecule has 0 unspecified atom stereocenters. The summed E-state index contributed by atoms with van der Waals surface area (Å²) in [7, 11) is 0. The minimum atomic E-state index is -0.283. The molecule has 0 atom stereocenters. The van der Waals surface area contributed by atoms with Gasteiger partial charge in [-0.2, -0.15) is 4.98 Å². The van der Waals surface area contributed by atoms with Gasteiger partial charge in [-0.1, -0.05) is 12.1 Å². The number of aliphatic hydroxyl groups is 1. The molecule has 1 saturated heterocycles. The van der Waals surface area contributed by atoms with Gasteiger partial charge in [-0.05, 0) is 73.6 Å². The Balaban J connectivity index is 1.19. The van der Waals surface area contributed by atoms with E-state index in [9.17, 15) is 9.90 Å². The summed E-state index contributed by atoms with van der Waals surface area (Å²) >= 11 is 0. The Labute approximate surface area is 233 Å². The molecule has 0 amide bonds. The fourth-order valence-electron chi connectivity index (χ4n) is 6.35. The van der Waals surface area contributed by atoms with Gasteiger partial charge < -0.3 is 15.3 Å². The lowest BCUT2D eigenvalue weighted by atomic mass is 9.92. The van der Waals surface area contributed by atoms with Gasteiger partial charge in [-0.15, -0.1) is 0 Å². The number of benzene rings is 1. The fraction of sp³-hybridized carbons (Fsp3) is 0.484. The molecule has 3 aliphatic rings. The van der Waals surface area contributed by atoms with Crippen LogP contribution in [0.4, 0.5) is 11.6 Å². The molecule has 4 heterocycles. The number of nitrogens with zero attached hydrogens (tertiary/aromatic N) is 6. The molecular weight excluding hydrogens is 502 g/mol. The predicted octanol–water partition coefficient (Wildman–Crippen LogP) is 3.96. The number of nitrogens with one attached hydrogen (secondary N) is 1. The summed E-state index contributed by atoms with van der Waals surface area (Å²) in [5, 5.41) is 16.1. The van der Waals surface area contributed by atoms with Gasteiger partial charge in [-0.3, -0.25) is 19.2 Å². The smallest absolute Gasteiger partial charge is 0.260 e. The van der Waals surface area contributed by atoms with E-state index in [1.807, 2.05) is 23.2 Å². The number of aromatic nitrogens is 4. The van der Waals surface area contributed by atoms with Crippen molar-refractivity contribution in [3.8, 4) is 0 Å². The zero-order valence-electron chi connectivity index (χ0n) is 22.9. The van der Waals surface area contributed by atoms with E-state index in [0.717, 1.165) is 73.8 Å². The van der Waals surface area contributed by atoms with E-state index in [0.29, 0.717) is 30.4 Å².